The van der Waals surface area contributed by atoms with Crippen molar-refractivity contribution in [2.24, 2.45) is 0 Å². The first kappa shape index (κ1) is 20.7. The van der Waals surface area contributed by atoms with Crippen LogP contribution >= 0.6 is 11.8 Å². The number of thioether (sulfide) groups is 1. The molecule has 4 rings (SSSR count). The van der Waals surface area contributed by atoms with Crippen LogP contribution in [0.5, 0.6) is 0 Å². The summed E-state index contributed by atoms with van der Waals surface area (Å²) in [6.45, 7) is 6.40. The number of aryl methyl sites for hydroxylation is 1. The van der Waals surface area contributed by atoms with Crippen LogP contribution in [0.4, 0.5) is 5.69 Å². The second-order valence-electron chi connectivity index (χ2n) is 7.29. The van der Waals surface area contributed by atoms with E-state index in [1.807, 2.05) is 41.1 Å². The molecule has 0 saturated carbocycles. The molecule has 1 N–H and O–H groups in total. The Balaban J connectivity index is 1.34. The molecule has 1 amide bonds. The minimum atomic E-state index is -0.0390. The van der Waals surface area contributed by atoms with Gasteiger partial charge in [-0.3, -0.25) is 14.3 Å². The number of rotatable bonds is 7. The first-order valence-corrected chi connectivity index (χ1v) is 11.1. The summed E-state index contributed by atoms with van der Waals surface area (Å²) in [6.07, 6.45) is 3.69. The second-order valence-corrected chi connectivity index (χ2v) is 8.23. The van der Waals surface area contributed by atoms with E-state index < -0.39 is 0 Å². The number of anilines is 1. The number of benzene rings is 2. The van der Waals surface area contributed by atoms with Crippen molar-refractivity contribution in [3.05, 3.63) is 72.1 Å². The Morgan fingerprint density at radius 1 is 1.17 bits per heavy atom. The molecule has 156 valence electrons. The van der Waals surface area contributed by atoms with E-state index in [2.05, 4.69) is 40.3 Å². The van der Waals surface area contributed by atoms with E-state index in [0.29, 0.717) is 5.75 Å². The number of amides is 1. The molecule has 0 radical (unpaired) electrons. The number of para-hydroxylation sites is 1. The Kier molecular flexibility index (Phi) is 6.84. The molecule has 1 fully saturated rings. The molecular weight excluding hydrogens is 396 g/mol. The van der Waals surface area contributed by atoms with Crippen molar-refractivity contribution in [2.75, 3.05) is 37.4 Å². The van der Waals surface area contributed by atoms with Crippen LogP contribution in [0.15, 0.2) is 66.1 Å². The molecule has 0 bridgehead atoms. The molecule has 0 spiro atoms. The van der Waals surface area contributed by atoms with Crippen LogP contribution in [0.2, 0.25) is 0 Å². The third-order valence-electron chi connectivity index (χ3n) is 5.03. The van der Waals surface area contributed by atoms with Gasteiger partial charge in [-0.15, -0.1) is 0 Å². The standard InChI is InChI=1S/C23H26N4O2S/c1-18-5-2-3-8-21(18)27-10-9-24-23(27)30-17-22(28)25-20-7-4-6-19(15-20)16-26-11-13-29-14-12-26/h2-10,15H,11-14,16-17H2,1H3,(H,25,28). The number of imidazole rings is 1. The van der Waals surface area contributed by atoms with Gasteiger partial charge in [0.25, 0.3) is 0 Å². The van der Waals surface area contributed by atoms with Gasteiger partial charge in [-0.2, -0.15) is 0 Å². The SMILES string of the molecule is Cc1ccccc1-n1ccnc1SCC(=O)Nc1cccc(CN2CCOCC2)c1. The van der Waals surface area contributed by atoms with E-state index >= 15 is 0 Å². The van der Waals surface area contributed by atoms with Crippen LogP contribution in [0, 0.1) is 6.92 Å². The van der Waals surface area contributed by atoms with Crippen molar-refractivity contribution in [2.45, 2.75) is 18.6 Å². The average Bonchev–Trinajstić information content (AvgIpc) is 3.22. The Hall–Kier alpha value is -2.61. The van der Waals surface area contributed by atoms with Gasteiger partial charge in [-0.1, -0.05) is 42.1 Å². The Bertz CT molecular complexity index is 998. The highest BCUT2D eigenvalue weighted by molar-refractivity contribution is 7.99. The molecule has 6 nitrogen and oxygen atoms in total. The zero-order chi connectivity index (χ0) is 20.8. The van der Waals surface area contributed by atoms with Gasteiger partial charge in [0.2, 0.25) is 5.91 Å². The van der Waals surface area contributed by atoms with Crippen LogP contribution in [0.25, 0.3) is 5.69 Å². The van der Waals surface area contributed by atoms with Gasteiger partial charge in [-0.25, -0.2) is 4.98 Å². The topological polar surface area (TPSA) is 59.4 Å². The van der Waals surface area contributed by atoms with Gasteiger partial charge in [-0.05, 0) is 36.2 Å². The summed E-state index contributed by atoms with van der Waals surface area (Å²) in [5.74, 6) is 0.263. The summed E-state index contributed by atoms with van der Waals surface area (Å²) in [7, 11) is 0. The van der Waals surface area contributed by atoms with Gasteiger partial charge in [0, 0.05) is 37.7 Å². The lowest BCUT2D eigenvalue weighted by atomic mass is 10.2. The van der Waals surface area contributed by atoms with Gasteiger partial charge in [0.15, 0.2) is 5.16 Å². The summed E-state index contributed by atoms with van der Waals surface area (Å²) in [6, 6.07) is 16.2. The average molecular weight is 423 g/mol. The highest BCUT2D eigenvalue weighted by atomic mass is 32.2. The molecule has 1 aromatic heterocycles. The second kappa shape index (κ2) is 9.93. The minimum Gasteiger partial charge on any atom is -0.379 e. The lowest BCUT2D eigenvalue weighted by Gasteiger charge is -2.26. The molecule has 30 heavy (non-hydrogen) atoms. The van der Waals surface area contributed by atoms with E-state index in [4.69, 9.17) is 4.74 Å². The first-order valence-electron chi connectivity index (χ1n) is 10.1. The smallest absolute Gasteiger partial charge is 0.234 e. The number of nitrogens with zero attached hydrogens (tertiary/aromatic N) is 3. The predicted octanol–water partition coefficient (Wildman–Crippen LogP) is 3.74. The molecule has 1 aliphatic rings. The number of hydrogen-bond acceptors (Lipinski definition) is 5. The van der Waals surface area contributed by atoms with Crippen LogP contribution in [0.3, 0.4) is 0 Å². The molecule has 0 aliphatic carbocycles. The van der Waals surface area contributed by atoms with E-state index in [1.54, 1.807) is 6.20 Å². The summed E-state index contributed by atoms with van der Waals surface area (Å²) < 4.78 is 7.43. The molecule has 2 heterocycles. The lowest BCUT2D eigenvalue weighted by Crippen LogP contribution is -2.35. The maximum absolute atomic E-state index is 12.5. The summed E-state index contributed by atoms with van der Waals surface area (Å²) >= 11 is 1.43. The molecular formula is C23H26N4O2S. The molecule has 3 aromatic rings. The molecule has 7 heteroatoms. The van der Waals surface area contributed by atoms with Crippen molar-refractivity contribution in [1.29, 1.82) is 0 Å². The number of carbonyl (C=O) groups is 1. The first-order chi connectivity index (χ1) is 14.7. The number of nitrogens with one attached hydrogen (secondary N) is 1. The monoisotopic (exact) mass is 422 g/mol. The third kappa shape index (κ3) is 5.30. The summed E-state index contributed by atoms with van der Waals surface area (Å²) in [4.78, 5) is 19.3. The fourth-order valence-electron chi connectivity index (χ4n) is 3.51. The maximum Gasteiger partial charge on any atom is 0.234 e. The largest absolute Gasteiger partial charge is 0.379 e. The van der Waals surface area contributed by atoms with Crippen LogP contribution in [-0.2, 0) is 16.1 Å². The van der Waals surface area contributed by atoms with E-state index in [-0.39, 0.29) is 5.91 Å². The Morgan fingerprint density at radius 3 is 2.83 bits per heavy atom. The van der Waals surface area contributed by atoms with E-state index in [1.165, 1.54) is 22.9 Å². The highest BCUT2D eigenvalue weighted by Gasteiger charge is 2.13. The Morgan fingerprint density at radius 2 is 2.00 bits per heavy atom. The maximum atomic E-state index is 12.5. The van der Waals surface area contributed by atoms with Gasteiger partial charge in [0.1, 0.15) is 0 Å². The third-order valence-corrected chi connectivity index (χ3v) is 6.00. The number of ether oxygens (including phenoxy) is 1. The number of morpholine rings is 1. The Labute approximate surface area is 181 Å². The van der Waals surface area contributed by atoms with Gasteiger partial charge in [0.05, 0.1) is 24.7 Å². The molecule has 1 saturated heterocycles. The molecule has 1 aliphatic heterocycles. The fourth-order valence-corrected chi connectivity index (χ4v) is 4.27. The van der Waals surface area contributed by atoms with Crippen LogP contribution < -0.4 is 5.32 Å². The van der Waals surface area contributed by atoms with Crippen molar-refractivity contribution in [1.82, 2.24) is 14.5 Å². The molecule has 0 unspecified atom stereocenters. The number of aromatic nitrogens is 2. The minimum absolute atomic E-state index is 0.0390. The quantitative estimate of drug-likeness (QED) is 0.588. The van der Waals surface area contributed by atoms with Crippen molar-refractivity contribution in [3.8, 4) is 5.69 Å². The fraction of sp³-hybridized carbons (Fsp3) is 0.304. The van der Waals surface area contributed by atoms with Crippen LogP contribution in [-0.4, -0.2) is 52.4 Å². The highest BCUT2D eigenvalue weighted by Crippen LogP contribution is 2.23. The normalized spacial score (nSPS) is 14.6. The number of carbonyl (C=O) groups excluding carboxylic acids is 1. The van der Waals surface area contributed by atoms with Crippen molar-refractivity contribution in [3.63, 3.8) is 0 Å². The van der Waals surface area contributed by atoms with Crippen molar-refractivity contribution < 1.29 is 9.53 Å². The van der Waals surface area contributed by atoms with E-state index in [9.17, 15) is 4.79 Å². The number of hydrogen-bond donors (Lipinski definition) is 1. The molecule has 2 aromatic carbocycles. The van der Waals surface area contributed by atoms with Crippen LogP contribution in [0.1, 0.15) is 11.1 Å². The van der Waals surface area contributed by atoms with Gasteiger partial charge >= 0.3 is 0 Å². The summed E-state index contributed by atoms with van der Waals surface area (Å²) in [5.41, 5.74) is 4.26. The summed E-state index contributed by atoms with van der Waals surface area (Å²) in [5, 5.41) is 3.82. The zero-order valence-corrected chi connectivity index (χ0v) is 17.9. The lowest BCUT2D eigenvalue weighted by molar-refractivity contribution is -0.113. The zero-order valence-electron chi connectivity index (χ0n) is 17.1. The van der Waals surface area contributed by atoms with E-state index in [0.717, 1.165) is 49.4 Å². The van der Waals surface area contributed by atoms with Gasteiger partial charge < -0.3 is 10.1 Å². The molecule has 0 atom stereocenters. The predicted molar refractivity (Wildman–Crippen MR) is 120 cm³/mol. The van der Waals surface area contributed by atoms with Crippen molar-refractivity contribution >= 4 is 23.4 Å².